The molecule has 2 N–H and O–H groups in total. The van der Waals surface area contributed by atoms with E-state index >= 15 is 0 Å². The molecule has 4 fully saturated rings. The quantitative estimate of drug-likeness (QED) is 0.572. The van der Waals surface area contributed by atoms with Gasteiger partial charge in [0.25, 0.3) is 0 Å². The van der Waals surface area contributed by atoms with Crippen molar-refractivity contribution in [3.63, 3.8) is 0 Å². The number of anilines is 2. The molecular weight excluding hydrogens is 326 g/mol. The van der Waals surface area contributed by atoms with Crippen LogP contribution in [-0.4, -0.2) is 48.7 Å². The summed E-state index contributed by atoms with van der Waals surface area (Å²) in [4.78, 5) is 18.1. The number of hydrogen-bond acceptors (Lipinski definition) is 4. The van der Waals surface area contributed by atoms with E-state index in [1.807, 2.05) is 6.07 Å². The molecule has 6 atom stereocenters. The van der Waals surface area contributed by atoms with Crippen LogP contribution in [0.4, 0.5) is 11.4 Å². The number of rotatable bonds is 0. The average Bonchev–Trinajstić information content (AvgIpc) is 3.09. The minimum atomic E-state index is 0.0411. The Balaban J connectivity index is 1.55. The van der Waals surface area contributed by atoms with Crippen LogP contribution in [0.15, 0.2) is 29.8 Å². The molecule has 6 aliphatic rings. The summed E-state index contributed by atoms with van der Waals surface area (Å²) in [6.07, 6.45) is 5.25. The summed E-state index contributed by atoms with van der Waals surface area (Å²) in [5, 5.41) is 0. The van der Waals surface area contributed by atoms with Crippen LogP contribution in [0.2, 0.25) is 0 Å². The van der Waals surface area contributed by atoms with E-state index in [-0.39, 0.29) is 23.5 Å². The highest BCUT2D eigenvalue weighted by molar-refractivity contribution is 5.99. The lowest BCUT2D eigenvalue weighted by atomic mass is 9.53. The minimum Gasteiger partial charge on any atom is -0.399 e. The molecule has 5 heteroatoms. The summed E-state index contributed by atoms with van der Waals surface area (Å²) < 4.78 is 6.25. The summed E-state index contributed by atoms with van der Waals surface area (Å²) in [5.41, 5.74) is 11.1. The molecule has 1 saturated carbocycles. The maximum absolute atomic E-state index is 13.2. The van der Waals surface area contributed by atoms with Crippen LogP contribution < -0.4 is 10.6 Å². The number of hydrogen-bond donors (Lipinski definition) is 1. The van der Waals surface area contributed by atoms with Gasteiger partial charge in [-0.15, -0.1) is 0 Å². The smallest absolute Gasteiger partial charge is 0.229 e. The maximum Gasteiger partial charge on any atom is 0.229 e. The molecule has 134 valence electrons. The van der Waals surface area contributed by atoms with Crippen molar-refractivity contribution in [1.29, 1.82) is 0 Å². The number of carbonyl (C=O) groups excluding carboxylic acids is 1. The number of fused-ring (bicyclic) bond motifs is 2. The summed E-state index contributed by atoms with van der Waals surface area (Å²) in [7, 11) is 0. The number of amides is 1. The summed E-state index contributed by atoms with van der Waals surface area (Å²) in [5.74, 6) is 1.23. The van der Waals surface area contributed by atoms with Crippen molar-refractivity contribution >= 4 is 17.3 Å². The van der Waals surface area contributed by atoms with E-state index in [0.717, 1.165) is 30.9 Å². The predicted molar refractivity (Wildman–Crippen MR) is 97.8 cm³/mol. The van der Waals surface area contributed by atoms with Crippen molar-refractivity contribution in [3.8, 4) is 0 Å². The number of nitrogens with zero attached hydrogens (tertiary/aromatic N) is 2. The van der Waals surface area contributed by atoms with E-state index in [4.69, 9.17) is 10.5 Å². The highest BCUT2D eigenvalue weighted by atomic mass is 16.5. The van der Waals surface area contributed by atoms with Gasteiger partial charge in [-0.2, -0.15) is 0 Å². The van der Waals surface area contributed by atoms with E-state index in [2.05, 4.69) is 28.0 Å². The Morgan fingerprint density at radius 3 is 3.15 bits per heavy atom. The largest absolute Gasteiger partial charge is 0.399 e. The minimum absolute atomic E-state index is 0.0411. The monoisotopic (exact) mass is 349 g/mol. The molecule has 5 heterocycles. The van der Waals surface area contributed by atoms with E-state index in [1.165, 1.54) is 12.0 Å². The Morgan fingerprint density at radius 2 is 2.23 bits per heavy atom. The molecule has 1 aliphatic carbocycles. The Labute approximate surface area is 152 Å². The van der Waals surface area contributed by atoms with Crippen molar-refractivity contribution in [3.05, 3.63) is 35.4 Å². The molecule has 26 heavy (non-hydrogen) atoms. The van der Waals surface area contributed by atoms with Gasteiger partial charge in [-0.25, -0.2) is 0 Å². The topological polar surface area (TPSA) is 58.8 Å². The van der Waals surface area contributed by atoms with Gasteiger partial charge in [0, 0.05) is 35.3 Å². The highest BCUT2D eigenvalue weighted by Gasteiger charge is 2.70. The normalized spacial score (nSPS) is 44.6. The van der Waals surface area contributed by atoms with Gasteiger partial charge in [-0.1, -0.05) is 11.6 Å². The molecule has 2 bridgehead atoms. The van der Waals surface area contributed by atoms with Gasteiger partial charge in [-0.3, -0.25) is 9.69 Å². The first kappa shape index (κ1) is 14.2. The Morgan fingerprint density at radius 1 is 1.31 bits per heavy atom. The fraction of sp³-hybridized carbons (Fsp3) is 0.571. The van der Waals surface area contributed by atoms with Crippen molar-refractivity contribution in [1.82, 2.24) is 4.90 Å². The van der Waals surface area contributed by atoms with Gasteiger partial charge in [0.05, 0.1) is 25.2 Å². The fourth-order valence-corrected chi connectivity index (χ4v) is 7.57. The molecule has 1 amide bonds. The summed E-state index contributed by atoms with van der Waals surface area (Å²) in [6.45, 7) is 2.88. The Kier molecular flexibility index (Phi) is 2.38. The van der Waals surface area contributed by atoms with Crippen molar-refractivity contribution in [2.75, 3.05) is 30.3 Å². The lowest BCUT2D eigenvalue weighted by Gasteiger charge is -2.58. The second-order valence-corrected chi connectivity index (χ2v) is 9.04. The average molecular weight is 349 g/mol. The third-order valence-corrected chi connectivity index (χ3v) is 8.33. The second-order valence-electron chi connectivity index (χ2n) is 9.04. The SMILES string of the molecule is Nc1ccc2c(c1)[C@@]13CCN4CC5=CCOC6CC(=O)N2C1C6C5CC43. The number of carbonyl (C=O) groups is 1. The fourth-order valence-electron chi connectivity index (χ4n) is 7.57. The standard InChI is InChI=1S/C21H23N3O2/c22-12-1-2-15-14(7-12)21-4-5-23-10-11-3-6-26-16-9-18(25)24(15)20(21)19(16)13(11)8-17(21)23/h1-3,7,13,16-17,19-20H,4-6,8-10,22H2/t13?,16?,17?,19?,20?,21-/m1/s1. The third kappa shape index (κ3) is 1.37. The molecule has 5 unspecified atom stereocenters. The molecule has 5 nitrogen and oxygen atoms in total. The molecule has 3 saturated heterocycles. The molecule has 0 aromatic heterocycles. The van der Waals surface area contributed by atoms with Crippen molar-refractivity contribution < 1.29 is 9.53 Å². The maximum atomic E-state index is 13.2. The van der Waals surface area contributed by atoms with Crippen molar-refractivity contribution in [2.24, 2.45) is 11.8 Å². The lowest BCUT2D eigenvalue weighted by molar-refractivity contribution is -0.132. The lowest BCUT2D eigenvalue weighted by Crippen LogP contribution is -2.69. The molecule has 1 aromatic carbocycles. The molecule has 1 aromatic rings. The molecule has 1 spiro atoms. The van der Waals surface area contributed by atoms with E-state index in [9.17, 15) is 4.79 Å². The van der Waals surface area contributed by atoms with E-state index in [0.29, 0.717) is 30.9 Å². The van der Waals surface area contributed by atoms with Gasteiger partial charge in [-0.05, 0) is 49.1 Å². The number of nitrogens with two attached hydrogens (primary N) is 1. The van der Waals surface area contributed by atoms with Gasteiger partial charge in [0.1, 0.15) is 0 Å². The van der Waals surface area contributed by atoms with Gasteiger partial charge >= 0.3 is 0 Å². The van der Waals surface area contributed by atoms with Gasteiger partial charge in [0.15, 0.2) is 0 Å². The molecule has 0 radical (unpaired) electrons. The number of nitrogen functional groups attached to an aromatic ring is 1. The van der Waals surface area contributed by atoms with Crippen LogP contribution in [0.1, 0.15) is 24.8 Å². The van der Waals surface area contributed by atoms with Crippen LogP contribution in [0, 0.1) is 11.8 Å². The Hall–Kier alpha value is -1.85. The van der Waals surface area contributed by atoms with Crippen LogP contribution in [0.25, 0.3) is 0 Å². The number of piperidine rings is 2. The summed E-state index contributed by atoms with van der Waals surface area (Å²) >= 11 is 0. The van der Waals surface area contributed by atoms with Gasteiger partial charge in [0.2, 0.25) is 5.91 Å². The van der Waals surface area contributed by atoms with Crippen LogP contribution in [0.5, 0.6) is 0 Å². The molecular formula is C21H23N3O2. The highest BCUT2D eigenvalue weighted by Crippen LogP contribution is 2.65. The van der Waals surface area contributed by atoms with Crippen molar-refractivity contribution in [2.45, 2.75) is 42.9 Å². The Bertz CT molecular complexity index is 895. The number of benzene rings is 1. The zero-order valence-corrected chi connectivity index (χ0v) is 14.7. The summed E-state index contributed by atoms with van der Waals surface area (Å²) in [6, 6.07) is 6.99. The molecule has 5 aliphatic heterocycles. The van der Waals surface area contributed by atoms with Crippen LogP contribution in [-0.2, 0) is 14.9 Å². The second kappa shape index (κ2) is 4.34. The van der Waals surface area contributed by atoms with E-state index < -0.39 is 0 Å². The first-order valence-electron chi connectivity index (χ1n) is 9.95. The van der Waals surface area contributed by atoms with Crippen LogP contribution >= 0.6 is 0 Å². The zero-order valence-electron chi connectivity index (χ0n) is 14.7. The third-order valence-electron chi connectivity index (χ3n) is 8.33. The first-order valence-corrected chi connectivity index (χ1v) is 9.95. The predicted octanol–water partition coefficient (Wildman–Crippen LogP) is 1.67. The molecule has 7 rings (SSSR count). The van der Waals surface area contributed by atoms with E-state index in [1.54, 1.807) is 5.57 Å². The zero-order chi connectivity index (χ0) is 17.2. The first-order chi connectivity index (χ1) is 12.7. The van der Waals surface area contributed by atoms with Crippen LogP contribution in [0.3, 0.4) is 0 Å². The van der Waals surface area contributed by atoms with Gasteiger partial charge < -0.3 is 15.4 Å². The number of ether oxygens (including phenoxy) is 1.